The summed E-state index contributed by atoms with van der Waals surface area (Å²) in [5.41, 5.74) is 8.18. The van der Waals surface area contributed by atoms with Crippen LogP contribution in [0.25, 0.3) is 0 Å². The van der Waals surface area contributed by atoms with E-state index in [2.05, 4.69) is 22.4 Å². The van der Waals surface area contributed by atoms with Crippen molar-refractivity contribution in [1.82, 2.24) is 4.98 Å². The third kappa shape index (κ3) is 6.21. The first-order chi connectivity index (χ1) is 15.5. The highest BCUT2D eigenvalue weighted by Crippen LogP contribution is 2.37. The molecule has 0 fully saturated rings. The van der Waals surface area contributed by atoms with Crippen LogP contribution in [-0.2, 0) is 16.0 Å². The fraction of sp³-hybridized carbons (Fsp3) is 0.208. The van der Waals surface area contributed by atoms with E-state index in [-0.39, 0.29) is 18.5 Å². The van der Waals surface area contributed by atoms with E-state index in [1.165, 1.54) is 11.8 Å². The number of carbonyl (C=O) groups is 2. The molecule has 33 heavy (non-hydrogen) atoms. The summed E-state index contributed by atoms with van der Waals surface area (Å²) in [5.74, 6) is 0.114. The minimum Gasteiger partial charge on any atom is -0.485 e. The number of nitrogens with one attached hydrogen (secondary N) is 1. The summed E-state index contributed by atoms with van der Waals surface area (Å²) in [6, 6.07) is 17.9. The zero-order chi connectivity index (χ0) is 22.5. The number of benzene rings is 2. The highest BCUT2D eigenvalue weighted by molar-refractivity contribution is 5.96. The number of hydrogen-bond acceptors (Lipinski definition) is 6. The number of carboxylic acids is 1. The van der Waals surface area contributed by atoms with E-state index in [1.807, 2.05) is 36.4 Å². The minimum absolute atomic E-state index is 0. The number of carboxylic acid groups (broad SMARTS) is 1. The molecule has 1 aliphatic heterocycles. The van der Waals surface area contributed by atoms with Crippen LogP contribution in [0.3, 0.4) is 0 Å². The van der Waals surface area contributed by atoms with Gasteiger partial charge in [-0.3, -0.25) is 9.59 Å². The van der Waals surface area contributed by atoms with Gasteiger partial charge in [-0.25, -0.2) is 4.98 Å². The summed E-state index contributed by atoms with van der Waals surface area (Å²) < 4.78 is 12.0. The number of nitrogens with zero attached hydrogens (tertiary/aromatic N) is 1. The van der Waals surface area contributed by atoms with Crippen molar-refractivity contribution < 1.29 is 24.2 Å². The second-order valence-electron chi connectivity index (χ2n) is 7.51. The van der Waals surface area contributed by atoms with Crippen molar-refractivity contribution >= 4 is 30.0 Å². The Hall–Kier alpha value is -3.62. The van der Waals surface area contributed by atoms with E-state index >= 15 is 0 Å². The number of amides is 1. The number of fused-ring (bicyclic) bond motifs is 1. The van der Waals surface area contributed by atoms with E-state index in [1.54, 1.807) is 12.1 Å². The fourth-order valence-corrected chi connectivity index (χ4v) is 3.48. The number of halogens is 1. The number of hydrogen-bond donors (Lipinski definition) is 3. The van der Waals surface area contributed by atoms with Gasteiger partial charge in [-0.15, -0.1) is 12.4 Å². The zero-order valence-corrected chi connectivity index (χ0v) is 18.5. The van der Waals surface area contributed by atoms with Crippen LogP contribution in [0.2, 0.25) is 0 Å². The molecule has 0 saturated carbocycles. The molecule has 3 aromatic rings. The van der Waals surface area contributed by atoms with Gasteiger partial charge >= 0.3 is 5.97 Å². The number of nitrogens with two attached hydrogens (primary N) is 1. The number of pyridine rings is 1. The molecule has 1 amide bonds. The highest BCUT2D eigenvalue weighted by Gasteiger charge is 2.22. The molecule has 0 spiro atoms. The van der Waals surface area contributed by atoms with Crippen LogP contribution in [0.5, 0.6) is 17.4 Å². The van der Waals surface area contributed by atoms with Gasteiger partial charge in [0.1, 0.15) is 17.6 Å². The van der Waals surface area contributed by atoms with Crippen LogP contribution in [0.1, 0.15) is 30.1 Å². The summed E-state index contributed by atoms with van der Waals surface area (Å²) >= 11 is 0. The Labute approximate surface area is 197 Å². The Morgan fingerprint density at radius 2 is 1.97 bits per heavy atom. The topological polar surface area (TPSA) is 124 Å². The first kappa shape index (κ1) is 24.0. The molecule has 0 aliphatic carbocycles. The van der Waals surface area contributed by atoms with Gasteiger partial charge in [-0.2, -0.15) is 0 Å². The molecule has 9 heteroatoms. The van der Waals surface area contributed by atoms with Gasteiger partial charge in [0.25, 0.3) is 0 Å². The number of ether oxygens (including phenoxy) is 2. The van der Waals surface area contributed by atoms with Crippen molar-refractivity contribution in [1.29, 1.82) is 0 Å². The Morgan fingerprint density at radius 1 is 1.18 bits per heavy atom. The van der Waals surface area contributed by atoms with Gasteiger partial charge in [0.2, 0.25) is 11.8 Å². The monoisotopic (exact) mass is 469 g/mol. The van der Waals surface area contributed by atoms with Crippen molar-refractivity contribution in [3.8, 4) is 17.4 Å². The lowest BCUT2D eigenvalue weighted by Crippen LogP contribution is -2.37. The Kier molecular flexibility index (Phi) is 7.87. The summed E-state index contributed by atoms with van der Waals surface area (Å²) in [5, 5.41) is 11.3. The summed E-state index contributed by atoms with van der Waals surface area (Å²) in [7, 11) is 0. The largest absolute Gasteiger partial charge is 0.485 e. The zero-order valence-electron chi connectivity index (χ0n) is 17.6. The third-order valence-electron chi connectivity index (χ3n) is 5.11. The quantitative estimate of drug-likeness (QED) is 0.475. The smallest absolute Gasteiger partial charge is 0.305 e. The maximum Gasteiger partial charge on any atom is 0.305 e. The molecule has 0 saturated heterocycles. The molecule has 8 nitrogen and oxygen atoms in total. The molecule has 2 unspecified atom stereocenters. The number of carbonyl (C=O) groups excluding carboxylic acids is 1. The number of rotatable bonds is 7. The van der Waals surface area contributed by atoms with Gasteiger partial charge in [-0.1, -0.05) is 30.3 Å². The van der Waals surface area contributed by atoms with Crippen LogP contribution in [0.15, 0.2) is 66.9 Å². The first-order valence-electron chi connectivity index (χ1n) is 10.2. The molecule has 4 N–H and O–H groups in total. The number of anilines is 1. The third-order valence-corrected chi connectivity index (χ3v) is 5.11. The van der Waals surface area contributed by atoms with E-state index in [0.29, 0.717) is 17.3 Å². The van der Waals surface area contributed by atoms with Crippen molar-refractivity contribution in [2.24, 2.45) is 5.73 Å². The molecular weight excluding hydrogens is 446 g/mol. The van der Waals surface area contributed by atoms with Crippen LogP contribution in [-0.4, -0.2) is 28.0 Å². The maximum absolute atomic E-state index is 11.9. The van der Waals surface area contributed by atoms with Gasteiger partial charge in [-0.05, 0) is 48.2 Å². The SMILES string of the molecule is Cl.NC(CC(=O)O)C(=O)Nc1ccc(Oc2ccc3c(c2)CCC(c2ccccc2)O3)nc1. The maximum atomic E-state index is 11.9. The van der Waals surface area contributed by atoms with Crippen molar-refractivity contribution in [3.63, 3.8) is 0 Å². The molecular formula is C24H24ClN3O5. The van der Waals surface area contributed by atoms with E-state index in [4.69, 9.17) is 20.3 Å². The molecule has 4 rings (SSSR count). The average Bonchev–Trinajstić information content (AvgIpc) is 2.80. The highest BCUT2D eigenvalue weighted by atomic mass is 35.5. The molecule has 172 valence electrons. The number of aromatic nitrogens is 1. The van der Waals surface area contributed by atoms with Gasteiger partial charge in [0.15, 0.2) is 0 Å². The Bertz CT molecular complexity index is 1110. The first-order valence-corrected chi connectivity index (χ1v) is 10.2. The summed E-state index contributed by atoms with van der Waals surface area (Å²) in [6.45, 7) is 0. The molecule has 1 aromatic heterocycles. The molecule has 1 aliphatic rings. The van der Waals surface area contributed by atoms with Gasteiger partial charge < -0.3 is 25.6 Å². The average molecular weight is 470 g/mol. The van der Waals surface area contributed by atoms with Crippen LogP contribution < -0.4 is 20.5 Å². The molecule has 0 bridgehead atoms. The van der Waals surface area contributed by atoms with E-state index in [0.717, 1.165) is 24.2 Å². The van der Waals surface area contributed by atoms with Crippen molar-refractivity contribution in [2.45, 2.75) is 31.4 Å². The van der Waals surface area contributed by atoms with Crippen LogP contribution >= 0.6 is 12.4 Å². The van der Waals surface area contributed by atoms with E-state index < -0.39 is 24.3 Å². The predicted molar refractivity (Wildman–Crippen MR) is 125 cm³/mol. The van der Waals surface area contributed by atoms with Gasteiger partial charge in [0, 0.05) is 6.07 Å². The van der Waals surface area contributed by atoms with Crippen molar-refractivity contribution in [2.75, 3.05) is 5.32 Å². The molecule has 2 atom stereocenters. The van der Waals surface area contributed by atoms with E-state index in [9.17, 15) is 9.59 Å². The lowest BCUT2D eigenvalue weighted by Gasteiger charge is -2.26. The second-order valence-corrected chi connectivity index (χ2v) is 7.51. The number of aryl methyl sites for hydroxylation is 1. The lowest BCUT2D eigenvalue weighted by atomic mass is 9.97. The molecule has 0 radical (unpaired) electrons. The minimum atomic E-state index is -1.14. The molecule has 2 heterocycles. The predicted octanol–water partition coefficient (Wildman–Crippen LogP) is 4.10. The second kappa shape index (κ2) is 10.8. The van der Waals surface area contributed by atoms with Crippen LogP contribution in [0, 0.1) is 0 Å². The summed E-state index contributed by atoms with van der Waals surface area (Å²) in [6.07, 6.45) is 2.78. The molecule has 2 aromatic carbocycles. The normalized spacial score (nSPS) is 15.2. The van der Waals surface area contributed by atoms with Crippen molar-refractivity contribution in [3.05, 3.63) is 78.0 Å². The lowest BCUT2D eigenvalue weighted by molar-refractivity contribution is -0.138. The fourth-order valence-electron chi connectivity index (χ4n) is 3.48. The summed E-state index contributed by atoms with van der Waals surface area (Å²) in [4.78, 5) is 26.7. The standard InChI is InChI=1S/C24H23N3O5.ClH/c25-19(13-23(28)29)24(30)27-17-7-11-22(26-14-17)31-18-8-10-21-16(12-18)6-9-20(32-21)15-4-2-1-3-5-15;/h1-5,7-8,10-12,14,19-20H,6,9,13,25H2,(H,27,30)(H,28,29);1H. The van der Waals surface area contributed by atoms with Gasteiger partial charge in [0.05, 0.1) is 24.3 Å². The van der Waals surface area contributed by atoms with Crippen LogP contribution in [0.4, 0.5) is 5.69 Å². The number of aliphatic carboxylic acids is 1. The Morgan fingerprint density at radius 3 is 2.67 bits per heavy atom. The Balaban J connectivity index is 0.00000306.